The quantitative estimate of drug-likeness (QED) is 0.349. The van der Waals surface area contributed by atoms with E-state index in [-0.39, 0.29) is 12.2 Å². The molecule has 0 spiro atoms. The van der Waals surface area contributed by atoms with Crippen LogP contribution in [0.2, 0.25) is 15.1 Å². The summed E-state index contributed by atoms with van der Waals surface area (Å²) in [6, 6.07) is 17.4. The number of hydrogen-bond acceptors (Lipinski definition) is 4. The lowest BCUT2D eigenvalue weighted by atomic mass is 10.1. The van der Waals surface area contributed by atoms with E-state index in [1.165, 1.54) is 18.2 Å². The van der Waals surface area contributed by atoms with E-state index in [0.29, 0.717) is 32.1 Å². The van der Waals surface area contributed by atoms with E-state index in [1.54, 1.807) is 48.5 Å². The molecule has 0 radical (unpaired) electrons. The molecule has 0 atom stereocenters. The number of hydrogen-bond donors (Lipinski definition) is 1. The summed E-state index contributed by atoms with van der Waals surface area (Å²) in [5, 5.41) is 3.55. The van der Waals surface area contributed by atoms with Crippen LogP contribution in [0.3, 0.4) is 0 Å². The van der Waals surface area contributed by atoms with Gasteiger partial charge in [0, 0.05) is 5.02 Å². The van der Waals surface area contributed by atoms with Gasteiger partial charge in [0.1, 0.15) is 17.9 Å². The molecule has 9 heteroatoms. The lowest BCUT2D eigenvalue weighted by Gasteiger charge is -2.26. The molecule has 1 aliphatic heterocycles. The fourth-order valence-electron chi connectivity index (χ4n) is 3.11. The highest BCUT2D eigenvalue weighted by Crippen LogP contribution is 2.25. The number of imide groups is 2. The predicted octanol–water partition coefficient (Wildman–Crippen LogP) is 5.89. The molecule has 3 aromatic rings. The third kappa shape index (κ3) is 5.20. The van der Waals surface area contributed by atoms with Crippen molar-refractivity contribution in [3.8, 4) is 5.75 Å². The van der Waals surface area contributed by atoms with Crippen molar-refractivity contribution in [2.75, 3.05) is 4.90 Å². The number of carbonyl (C=O) groups excluding carboxylic acids is 3. The number of benzene rings is 3. The van der Waals surface area contributed by atoms with Crippen molar-refractivity contribution < 1.29 is 19.1 Å². The van der Waals surface area contributed by atoms with Crippen molar-refractivity contribution >= 4 is 64.4 Å². The monoisotopic (exact) mass is 500 g/mol. The van der Waals surface area contributed by atoms with Gasteiger partial charge < -0.3 is 4.74 Å². The molecule has 1 fully saturated rings. The van der Waals surface area contributed by atoms with Crippen molar-refractivity contribution in [1.29, 1.82) is 0 Å². The molecule has 4 rings (SSSR count). The molecular weight excluding hydrogens is 487 g/mol. The van der Waals surface area contributed by atoms with Gasteiger partial charge in [-0.15, -0.1) is 0 Å². The van der Waals surface area contributed by atoms with Crippen LogP contribution >= 0.6 is 34.8 Å². The Kier molecular flexibility index (Phi) is 6.70. The summed E-state index contributed by atoms with van der Waals surface area (Å²) < 4.78 is 5.74. The van der Waals surface area contributed by atoms with Gasteiger partial charge in [0.05, 0.1) is 15.7 Å². The molecule has 1 saturated heterocycles. The number of ether oxygens (including phenoxy) is 1. The molecule has 0 unspecified atom stereocenters. The first-order chi connectivity index (χ1) is 15.8. The van der Waals surface area contributed by atoms with E-state index in [1.807, 2.05) is 6.07 Å². The summed E-state index contributed by atoms with van der Waals surface area (Å²) in [6.07, 6.45) is 1.41. The fraction of sp³-hybridized carbons (Fsp3) is 0.0417. The predicted molar refractivity (Wildman–Crippen MR) is 128 cm³/mol. The molecule has 1 heterocycles. The number of nitrogens with zero attached hydrogens (tertiary/aromatic N) is 1. The van der Waals surface area contributed by atoms with Gasteiger partial charge in [0.25, 0.3) is 11.8 Å². The lowest BCUT2D eigenvalue weighted by molar-refractivity contribution is -0.122. The van der Waals surface area contributed by atoms with Gasteiger partial charge in [-0.05, 0) is 65.7 Å². The summed E-state index contributed by atoms with van der Waals surface area (Å²) in [7, 11) is 0. The zero-order chi connectivity index (χ0) is 23.5. The second-order valence-corrected chi connectivity index (χ2v) is 8.29. The van der Waals surface area contributed by atoms with E-state index >= 15 is 0 Å². The smallest absolute Gasteiger partial charge is 0.335 e. The molecule has 6 nitrogen and oxygen atoms in total. The Balaban J connectivity index is 1.50. The van der Waals surface area contributed by atoms with Crippen molar-refractivity contribution in [3.63, 3.8) is 0 Å². The maximum atomic E-state index is 12.9. The van der Waals surface area contributed by atoms with Crippen molar-refractivity contribution in [2.45, 2.75) is 6.61 Å². The fourth-order valence-corrected chi connectivity index (χ4v) is 3.55. The molecule has 3 aromatic carbocycles. The number of urea groups is 1. The third-order valence-corrected chi connectivity index (χ3v) is 5.76. The number of amides is 4. The minimum absolute atomic E-state index is 0.172. The Bertz CT molecular complexity index is 1270. The molecule has 33 heavy (non-hydrogen) atoms. The second kappa shape index (κ2) is 9.67. The van der Waals surface area contributed by atoms with Crippen molar-refractivity contribution in [3.05, 3.63) is 98.5 Å². The summed E-state index contributed by atoms with van der Waals surface area (Å²) in [6.45, 7) is 0.288. The Morgan fingerprint density at radius 3 is 2.21 bits per heavy atom. The average molecular weight is 502 g/mol. The first-order valence-corrected chi connectivity index (χ1v) is 10.8. The first-order valence-electron chi connectivity index (χ1n) is 9.65. The molecule has 0 bridgehead atoms. The summed E-state index contributed by atoms with van der Waals surface area (Å²) in [5.41, 5.74) is 1.56. The van der Waals surface area contributed by atoms with Crippen LogP contribution in [0, 0.1) is 0 Å². The molecular formula is C24H15Cl3N2O4. The number of nitrogens with one attached hydrogen (secondary N) is 1. The zero-order valence-corrected chi connectivity index (χ0v) is 19.1. The van der Waals surface area contributed by atoms with Gasteiger partial charge in [0.2, 0.25) is 0 Å². The topological polar surface area (TPSA) is 75.7 Å². The summed E-state index contributed by atoms with van der Waals surface area (Å²) in [4.78, 5) is 38.4. The van der Waals surface area contributed by atoms with Crippen LogP contribution in [0.5, 0.6) is 5.75 Å². The summed E-state index contributed by atoms with van der Waals surface area (Å²) >= 11 is 17.8. The van der Waals surface area contributed by atoms with Crippen LogP contribution in [-0.2, 0) is 16.2 Å². The van der Waals surface area contributed by atoms with Gasteiger partial charge in [-0.1, -0.05) is 53.0 Å². The van der Waals surface area contributed by atoms with Gasteiger partial charge in [-0.2, -0.15) is 0 Å². The van der Waals surface area contributed by atoms with Crippen molar-refractivity contribution in [2.24, 2.45) is 0 Å². The van der Waals surface area contributed by atoms with Crippen LogP contribution in [0.4, 0.5) is 10.5 Å². The SMILES string of the molecule is O=C1NC(=O)N(c2ccc(Cl)cc2)C(=O)/C1=C/c1ccc(OCc2ccc(Cl)c(Cl)c2)cc1. The first kappa shape index (κ1) is 22.9. The minimum Gasteiger partial charge on any atom is -0.489 e. The number of carbonyl (C=O) groups is 3. The maximum absolute atomic E-state index is 12.9. The largest absolute Gasteiger partial charge is 0.489 e. The highest BCUT2D eigenvalue weighted by atomic mass is 35.5. The summed E-state index contributed by atoms with van der Waals surface area (Å²) in [5.74, 6) is -0.915. The Labute approximate surface area is 204 Å². The van der Waals surface area contributed by atoms with E-state index < -0.39 is 17.8 Å². The molecule has 166 valence electrons. The van der Waals surface area contributed by atoms with Crippen LogP contribution in [0.25, 0.3) is 6.08 Å². The van der Waals surface area contributed by atoms with E-state index in [0.717, 1.165) is 10.5 Å². The lowest BCUT2D eigenvalue weighted by Crippen LogP contribution is -2.54. The minimum atomic E-state index is -0.824. The number of halogens is 3. The molecule has 1 aliphatic rings. The van der Waals surface area contributed by atoms with Gasteiger partial charge in [0.15, 0.2) is 0 Å². The van der Waals surface area contributed by atoms with E-state index in [4.69, 9.17) is 39.5 Å². The van der Waals surface area contributed by atoms with Crippen molar-refractivity contribution in [1.82, 2.24) is 5.32 Å². The van der Waals surface area contributed by atoms with Gasteiger partial charge >= 0.3 is 6.03 Å². The van der Waals surface area contributed by atoms with Crippen LogP contribution < -0.4 is 15.0 Å². The third-order valence-electron chi connectivity index (χ3n) is 4.77. The highest BCUT2D eigenvalue weighted by Gasteiger charge is 2.36. The van der Waals surface area contributed by atoms with Crippen LogP contribution in [-0.4, -0.2) is 17.8 Å². The average Bonchev–Trinajstić information content (AvgIpc) is 2.79. The van der Waals surface area contributed by atoms with E-state index in [9.17, 15) is 14.4 Å². The molecule has 0 aliphatic carbocycles. The van der Waals surface area contributed by atoms with Crippen LogP contribution in [0.1, 0.15) is 11.1 Å². The Morgan fingerprint density at radius 2 is 1.55 bits per heavy atom. The van der Waals surface area contributed by atoms with E-state index in [2.05, 4.69) is 5.32 Å². The second-order valence-electron chi connectivity index (χ2n) is 7.04. The normalized spacial score (nSPS) is 15.1. The zero-order valence-electron chi connectivity index (χ0n) is 16.8. The van der Waals surface area contributed by atoms with Gasteiger partial charge in [-0.25, -0.2) is 9.69 Å². The Morgan fingerprint density at radius 1 is 0.848 bits per heavy atom. The maximum Gasteiger partial charge on any atom is 0.335 e. The van der Waals surface area contributed by atoms with Gasteiger partial charge in [-0.3, -0.25) is 14.9 Å². The standard InChI is InChI=1S/C24H15Cl3N2O4/c25-16-4-6-17(7-5-16)29-23(31)19(22(30)28-24(29)32)11-14-1-8-18(9-2-14)33-13-15-3-10-20(26)21(27)12-15/h1-12H,13H2,(H,28,30,32)/b19-11+. The number of barbiturate groups is 1. The molecule has 1 N–H and O–H groups in total. The highest BCUT2D eigenvalue weighted by molar-refractivity contribution is 6.42. The molecule has 4 amide bonds. The van der Waals surface area contributed by atoms with Crippen LogP contribution in [0.15, 0.2) is 72.3 Å². The number of rotatable bonds is 5. The number of anilines is 1. The molecule has 0 aromatic heterocycles. The Hall–Kier alpha value is -3.32. The molecule has 0 saturated carbocycles.